The predicted octanol–water partition coefficient (Wildman–Crippen LogP) is 5.93. The molecule has 1 saturated heterocycles. The van der Waals surface area contributed by atoms with Crippen LogP contribution >= 0.6 is 0 Å². The van der Waals surface area contributed by atoms with E-state index >= 15 is 0 Å². The number of rotatable bonds is 9. The molecular formula is C33H35N5O3. The van der Waals surface area contributed by atoms with Crippen molar-refractivity contribution in [3.8, 4) is 5.75 Å². The number of imidazole rings is 1. The molecule has 0 bridgehead atoms. The summed E-state index contributed by atoms with van der Waals surface area (Å²) in [5.74, 6) is 0.616. The zero-order chi connectivity index (χ0) is 28.9. The molecule has 0 aliphatic carbocycles. The highest BCUT2D eigenvalue weighted by atomic mass is 16.5. The van der Waals surface area contributed by atoms with E-state index in [0.717, 1.165) is 59.6 Å². The van der Waals surface area contributed by atoms with E-state index < -0.39 is 0 Å². The number of aryl methyl sites for hydroxylation is 2. The number of carbonyl (C=O) groups excluding carboxylic acids is 1. The van der Waals surface area contributed by atoms with E-state index in [1.54, 1.807) is 6.20 Å². The number of Topliss-reactive ketones (excluding diaryl/α,β-unsaturated/α-hetero) is 1. The highest BCUT2D eigenvalue weighted by Crippen LogP contribution is 2.28. The van der Waals surface area contributed by atoms with Crippen LogP contribution in [0.25, 0.3) is 11.2 Å². The first-order valence-electron chi connectivity index (χ1n) is 13.9. The zero-order valence-electron chi connectivity index (χ0n) is 23.8. The van der Waals surface area contributed by atoms with Crippen LogP contribution in [0.1, 0.15) is 52.9 Å². The van der Waals surface area contributed by atoms with Crippen LogP contribution in [0.5, 0.6) is 5.75 Å². The Hall–Kier alpha value is -4.72. The second-order valence-corrected chi connectivity index (χ2v) is 10.4. The maximum Gasteiger partial charge on any atom is 0.327 e. The Morgan fingerprint density at radius 3 is 2.51 bits per heavy atom. The number of benzene rings is 2. The summed E-state index contributed by atoms with van der Waals surface area (Å²) >= 11 is 0. The van der Waals surface area contributed by atoms with Crippen molar-refractivity contribution >= 4 is 22.7 Å². The minimum atomic E-state index is -0.169. The van der Waals surface area contributed by atoms with Crippen molar-refractivity contribution < 1.29 is 9.53 Å². The molecule has 0 radical (unpaired) electrons. The lowest BCUT2D eigenvalue weighted by molar-refractivity contribution is 0.106. The maximum atomic E-state index is 13.6. The van der Waals surface area contributed by atoms with Gasteiger partial charge >= 0.3 is 5.69 Å². The van der Waals surface area contributed by atoms with E-state index in [1.807, 2.05) is 86.0 Å². The molecule has 0 amide bonds. The number of ether oxygens (including phenoxy) is 1. The topological polar surface area (TPSA) is 92.6 Å². The van der Waals surface area contributed by atoms with Crippen LogP contribution in [0.15, 0.2) is 95.1 Å². The third-order valence-electron chi connectivity index (χ3n) is 7.58. The number of likely N-dealkylation sites (tertiary alicyclic amines) is 1. The molecule has 4 aromatic rings. The molecule has 0 saturated carbocycles. The largest absolute Gasteiger partial charge is 0.488 e. The van der Waals surface area contributed by atoms with E-state index in [1.165, 1.54) is 6.20 Å². The minimum Gasteiger partial charge on any atom is -0.488 e. The molecule has 1 fully saturated rings. The molecule has 41 heavy (non-hydrogen) atoms. The summed E-state index contributed by atoms with van der Waals surface area (Å²) in [6.07, 6.45) is 6.52. The van der Waals surface area contributed by atoms with Crippen LogP contribution in [0, 0.1) is 13.8 Å². The Morgan fingerprint density at radius 2 is 1.83 bits per heavy atom. The lowest BCUT2D eigenvalue weighted by Gasteiger charge is -2.34. The Bertz CT molecular complexity index is 1670. The van der Waals surface area contributed by atoms with Gasteiger partial charge in [0, 0.05) is 42.8 Å². The fourth-order valence-electron chi connectivity index (χ4n) is 5.53. The third kappa shape index (κ3) is 6.06. The number of hydrogen-bond donors (Lipinski definition) is 1. The molecule has 0 spiro atoms. The van der Waals surface area contributed by atoms with E-state index in [2.05, 4.69) is 26.4 Å². The van der Waals surface area contributed by atoms with E-state index in [-0.39, 0.29) is 17.5 Å². The molecule has 5 rings (SSSR count). The smallest absolute Gasteiger partial charge is 0.327 e. The van der Waals surface area contributed by atoms with Gasteiger partial charge in [0.25, 0.3) is 0 Å². The summed E-state index contributed by atoms with van der Waals surface area (Å²) in [6, 6.07) is 17.6. The van der Waals surface area contributed by atoms with Gasteiger partial charge in [-0.3, -0.25) is 19.3 Å². The first-order chi connectivity index (χ1) is 19.9. The van der Waals surface area contributed by atoms with Crippen molar-refractivity contribution in [1.82, 2.24) is 19.4 Å². The number of H-pyrrole nitrogens is 1. The number of aliphatic imine (C=N–C) groups is 1. The number of allylic oxidation sites excluding steroid dienone is 2. The van der Waals surface area contributed by atoms with Crippen molar-refractivity contribution in [2.75, 3.05) is 13.1 Å². The van der Waals surface area contributed by atoms with Crippen LogP contribution in [-0.2, 0) is 6.61 Å². The molecular weight excluding hydrogens is 514 g/mol. The molecule has 8 heteroatoms. The van der Waals surface area contributed by atoms with Gasteiger partial charge in [0.05, 0.1) is 5.52 Å². The molecule has 0 atom stereocenters. The maximum absolute atomic E-state index is 13.6. The van der Waals surface area contributed by atoms with Gasteiger partial charge in [-0.25, -0.2) is 9.78 Å². The summed E-state index contributed by atoms with van der Waals surface area (Å²) in [4.78, 5) is 39.9. The van der Waals surface area contributed by atoms with Crippen LogP contribution in [0.4, 0.5) is 0 Å². The van der Waals surface area contributed by atoms with Crippen molar-refractivity contribution in [3.05, 3.63) is 118 Å². The third-order valence-corrected chi connectivity index (χ3v) is 7.58. The van der Waals surface area contributed by atoms with Crippen LogP contribution in [0.2, 0.25) is 0 Å². The molecule has 2 aromatic heterocycles. The number of carbonyl (C=O) groups is 1. The van der Waals surface area contributed by atoms with Crippen LogP contribution < -0.4 is 10.4 Å². The first kappa shape index (κ1) is 27.8. The highest BCUT2D eigenvalue weighted by Gasteiger charge is 2.25. The van der Waals surface area contributed by atoms with Crippen molar-refractivity contribution in [2.45, 2.75) is 46.3 Å². The standard InChI is InChI=1S/C33H35N5O3/c1-5-34-28(30(39)26-18-22(2)31(23(3)19-26)41-21-25-10-7-6-8-11-25)20-24(4)37-16-13-27(14-17-37)38-29-12-9-15-35-32(29)36-33(38)40/h5-12,15,18-20,27H,1,13-14,16-17,21H2,2-4H3,(H,35,36,40)/b24-20+,34-28+. The number of fused-ring (bicyclic) bond motifs is 1. The van der Waals surface area contributed by atoms with Crippen LogP contribution in [0.3, 0.4) is 0 Å². The Kier molecular flexibility index (Phi) is 8.29. The van der Waals surface area contributed by atoms with Gasteiger partial charge in [0.15, 0.2) is 5.65 Å². The van der Waals surface area contributed by atoms with Gasteiger partial charge in [0.1, 0.15) is 18.1 Å². The van der Waals surface area contributed by atoms with Gasteiger partial charge in [-0.15, -0.1) is 0 Å². The van der Waals surface area contributed by atoms with Crippen LogP contribution in [-0.4, -0.2) is 44.0 Å². The lowest BCUT2D eigenvalue weighted by atomic mass is 9.99. The van der Waals surface area contributed by atoms with Gasteiger partial charge in [-0.1, -0.05) is 36.9 Å². The highest BCUT2D eigenvalue weighted by molar-refractivity contribution is 6.50. The SMILES string of the molecule is C=C/N=C(\C=C(/C)N1CCC(n2c(=O)[nH]c3ncccc32)CC1)C(=O)c1cc(C)c(OCc2ccccc2)c(C)c1. The monoisotopic (exact) mass is 549 g/mol. The van der Waals surface area contributed by atoms with E-state index in [4.69, 9.17) is 4.74 Å². The normalized spacial score (nSPS) is 14.9. The summed E-state index contributed by atoms with van der Waals surface area (Å²) in [7, 11) is 0. The zero-order valence-corrected chi connectivity index (χ0v) is 23.8. The second kappa shape index (κ2) is 12.2. The number of aromatic nitrogens is 3. The Labute approximate surface area is 239 Å². The number of pyridine rings is 1. The van der Waals surface area contributed by atoms with Crippen molar-refractivity contribution in [3.63, 3.8) is 0 Å². The fourth-order valence-corrected chi connectivity index (χ4v) is 5.53. The second-order valence-electron chi connectivity index (χ2n) is 10.4. The quantitative estimate of drug-likeness (QED) is 0.206. The molecule has 1 aliphatic heterocycles. The van der Waals surface area contributed by atoms with Crippen molar-refractivity contribution in [1.29, 1.82) is 0 Å². The number of nitrogens with zero attached hydrogens (tertiary/aromatic N) is 4. The molecule has 1 N–H and O–H groups in total. The lowest BCUT2D eigenvalue weighted by Crippen LogP contribution is -2.36. The number of piperidine rings is 1. The Balaban J connectivity index is 1.29. The van der Waals surface area contributed by atoms with E-state index in [9.17, 15) is 9.59 Å². The molecule has 1 aliphatic rings. The van der Waals surface area contributed by atoms with Gasteiger partial charge < -0.3 is 9.64 Å². The van der Waals surface area contributed by atoms with E-state index in [0.29, 0.717) is 23.5 Å². The van der Waals surface area contributed by atoms with Gasteiger partial charge in [0.2, 0.25) is 5.78 Å². The summed E-state index contributed by atoms with van der Waals surface area (Å²) in [5.41, 5.74) is 6.02. The summed E-state index contributed by atoms with van der Waals surface area (Å²) in [6.45, 7) is 11.6. The van der Waals surface area contributed by atoms with Crippen molar-refractivity contribution in [2.24, 2.45) is 4.99 Å². The summed E-state index contributed by atoms with van der Waals surface area (Å²) < 4.78 is 7.93. The number of ketones is 1. The Morgan fingerprint density at radius 1 is 1.12 bits per heavy atom. The fraction of sp³-hybridized carbons (Fsp3) is 0.273. The molecule has 2 aromatic carbocycles. The predicted molar refractivity (Wildman–Crippen MR) is 163 cm³/mol. The number of nitrogens with one attached hydrogen (secondary N) is 1. The number of hydrogen-bond acceptors (Lipinski definition) is 6. The van der Waals surface area contributed by atoms with Gasteiger partial charge in [-0.05, 0) is 80.6 Å². The molecule has 210 valence electrons. The summed E-state index contributed by atoms with van der Waals surface area (Å²) in [5, 5.41) is 0. The average Bonchev–Trinajstić information content (AvgIpc) is 3.32. The minimum absolute atomic E-state index is 0.0843. The first-order valence-corrected chi connectivity index (χ1v) is 13.9. The molecule has 3 heterocycles. The number of aromatic amines is 1. The molecule has 0 unspecified atom stereocenters. The molecule has 8 nitrogen and oxygen atoms in total. The van der Waals surface area contributed by atoms with Gasteiger partial charge in [-0.2, -0.15) is 0 Å². The average molecular weight is 550 g/mol.